The molecular weight excluding hydrogens is 320 g/mol. The van der Waals surface area contributed by atoms with Crippen molar-refractivity contribution < 1.29 is 0 Å². The highest BCUT2D eigenvalue weighted by Gasteiger charge is 2.23. The number of aliphatic imine (C=N–C) groups is 1. The Bertz CT molecular complexity index is 709. The molecular formula is C22H30N4. The van der Waals surface area contributed by atoms with E-state index in [0.29, 0.717) is 5.92 Å². The third-order valence-corrected chi connectivity index (χ3v) is 5.07. The van der Waals surface area contributed by atoms with Gasteiger partial charge in [-0.2, -0.15) is 0 Å². The fourth-order valence-electron chi connectivity index (χ4n) is 3.54. The van der Waals surface area contributed by atoms with Crippen LogP contribution >= 0.6 is 0 Å². The highest BCUT2D eigenvalue weighted by molar-refractivity contribution is 5.79. The number of guanidine groups is 1. The second kappa shape index (κ2) is 8.75. The number of anilines is 1. The Morgan fingerprint density at radius 1 is 1.15 bits per heavy atom. The molecule has 0 radical (unpaired) electrons. The topological polar surface area (TPSA) is 30.9 Å². The minimum atomic E-state index is 0.653. The van der Waals surface area contributed by atoms with Gasteiger partial charge in [-0.25, -0.2) is 0 Å². The van der Waals surface area contributed by atoms with Gasteiger partial charge in [-0.05, 0) is 37.0 Å². The first-order valence-corrected chi connectivity index (χ1v) is 9.43. The Labute approximate surface area is 157 Å². The quantitative estimate of drug-likeness (QED) is 0.661. The highest BCUT2D eigenvalue weighted by Crippen LogP contribution is 2.23. The monoisotopic (exact) mass is 350 g/mol. The first kappa shape index (κ1) is 18.3. The second-order valence-corrected chi connectivity index (χ2v) is 7.21. The van der Waals surface area contributed by atoms with Crippen LogP contribution in [-0.2, 0) is 6.54 Å². The SMILES string of the molecule is CN=C(NCC1CCN(c2ccccc2)C1)N(C)Cc1ccc(C)cc1. The van der Waals surface area contributed by atoms with Crippen LogP contribution in [0.15, 0.2) is 59.6 Å². The number of hydrogen-bond acceptors (Lipinski definition) is 2. The van der Waals surface area contributed by atoms with E-state index < -0.39 is 0 Å². The predicted molar refractivity (Wildman–Crippen MR) is 111 cm³/mol. The van der Waals surface area contributed by atoms with E-state index in [-0.39, 0.29) is 0 Å². The van der Waals surface area contributed by atoms with Crippen LogP contribution in [0.25, 0.3) is 0 Å². The van der Waals surface area contributed by atoms with Crippen molar-refractivity contribution in [3.8, 4) is 0 Å². The van der Waals surface area contributed by atoms with Gasteiger partial charge in [0.2, 0.25) is 0 Å². The molecule has 26 heavy (non-hydrogen) atoms. The van der Waals surface area contributed by atoms with Crippen molar-refractivity contribution in [2.45, 2.75) is 19.9 Å². The van der Waals surface area contributed by atoms with Crippen molar-refractivity contribution >= 4 is 11.6 Å². The number of rotatable bonds is 5. The summed E-state index contributed by atoms with van der Waals surface area (Å²) in [5, 5.41) is 3.56. The van der Waals surface area contributed by atoms with Crippen molar-refractivity contribution in [2.75, 3.05) is 38.6 Å². The van der Waals surface area contributed by atoms with Crippen molar-refractivity contribution in [1.29, 1.82) is 0 Å². The van der Waals surface area contributed by atoms with Gasteiger partial charge in [0.05, 0.1) is 0 Å². The van der Waals surface area contributed by atoms with Crippen LogP contribution in [0, 0.1) is 12.8 Å². The van der Waals surface area contributed by atoms with Crippen molar-refractivity contribution in [2.24, 2.45) is 10.9 Å². The lowest BCUT2D eigenvalue weighted by molar-refractivity contribution is 0.462. The molecule has 1 saturated heterocycles. The highest BCUT2D eigenvalue weighted by atomic mass is 15.3. The predicted octanol–water partition coefficient (Wildman–Crippen LogP) is 3.53. The van der Waals surface area contributed by atoms with Gasteiger partial charge in [0.1, 0.15) is 0 Å². The number of nitrogens with zero attached hydrogens (tertiary/aromatic N) is 3. The van der Waals surface area contributed by atoms with E-state index in [2.05, 4.69) is 88.7 Å². The van der Waals surface area contributed by atoms with Crippen LogP contribution < -0.4 is 10.2 Å². The van der Waals surface area contributed by atoms with Crippen LogP contribution in [0.2, 0.25) is 0 Å². The van der Waals surface area contributed by atoms with Gasteiger partial charge in [-0.15, -0.1) is 0 Å². The van der Waals surface area contributed by atoms with Gasteiger partial charge in [-0.3, -0.25) is 4.99 Å². The molecule has 0 aromatic heterocycles. The van der Waals surface area contributed by atoms with E-state index in [1.165, 1.54) is 23.2 Å². The van der Waals surface area contributed by atoms with Gasteiger partial charge >= 0.3 is 0 Å². The summed E-state index contributed by atoms with van der Waals surface area (Å²) in [5.74, 6) is 1.61. The molecule has 138 valence electrons. The molecule has 2 aromatic rings. The normalized spacial score (nSPS) is 17.4. The summed E-state index contributed by atoms with van der Waals surface area (Å²) in [4.78, 5) is 9.12. The first-order valence-electron chi connectivity index (χ1n) is 9.43. The van der Waals surface area contributed by atoms with Crippen LogP contribution in [0.3, 0.4) is 0 Å². The van der Waals surface area contributed by atoms with Crippen LogP contribution in [0.5, 0.6) is 0 Å². The molecule has 1 heterocycles. The molecule has 0 amide bonds. The third kappa shape index (κ3) is 4.78. The molecule has 1 fully saturated rings. The lowest BCUT2D eigenvalue weighted by Gasteiger charge is -2.24. The van der Waals surface area contributed by atoms with Gasteiger partial charge in [0.15, 0.2) is 5.96 Å². The zero-order valence-electron chi connectivity index (χ0n) is 16.2. The van der Waals surface area contributed by atoms with Gasteiger partial charge < -0.3 is 15.1 Å². The second-order valence-electron chi connectivity index (χ2n) is 7.21. The minimum Gasteiger partial charge on any atom is -0.371 e. The summed E-state index contributed by atoms with van der Waals surface area (Å²) < 4.78 is 0. The zero-order chi connectivity index (χ0) is 18.4. The summed E-state index contributed by atoms with van der Waals surface area (Å²) >= 11 is 0. The Kier molecular flexibility index (Phi) is 6.16. The Morgan fingerprint density at radius 3 is 2.58 bits per heavy atom. The molecule has 0 bridgehead atoms. The van der Waals surface area contributed by atoms with E-state index in [4.69, 9.17) is 0 Å². The van der Waals surface area contributed by atoms with Gasteiger partial charge in [-0.1, -0.05) is 48.0 Å². The van der Waals surface area contributed by atoms with E-state index >= 15 is 0 Å². The molecule has 1 atom stereocenters. The summed E-state index contributed by atoms with van der Waals surface area (Å²) in [5.41, 5.74) is 3.93. The third-order valence-electron chi connectivity index (χ3n) is 5.07. The molecule has 4 heteroatoms. The Morgan fingerprint density at radius 2 is 1.88 bits per heavy atom. The summed E-state index contributed by atoms with van der Waals surface area (Å²) in [6.45, 7) is 6.19. The van der Waals surface area contributed by atoms with E-state index in [9.17, 15) is 0 Å². The molecule has 3 rings (SSSR count). The number of aryl methyl sites for hydroxylation is 1. The van der Waals surface area contributed by atoms with Crippen molar-refractivity contribution in [1.82, 2.24) is 10.2 Å². The van der Waals surface area contributed by atoms with E-state index in [0.717, 1.165) is 32.1 Å². The average Bonchev–Trinajstić information content (AvgIpc) is 3.14. The molecule has 4 nitrogen and oxygen atoms in total. The largest absolute Gasteiger partial charge is 0.371 e. The maximum atomic E-state index is 4.46. The lowest BCUT2D eigenvalue weighted by Crippen LogP contribution is -2.41. The maximum absolute atomic E-state index is 4.46. The van der Waals surface area contributed by atoms with Crippen LogP contribution in [0.1, 0.15) is 17.5 Å². The molecule has 1 aliphatic rings. The van der Waals surface area contributed by atoms with Gasteiger partial charge in [0, 0.05) is 46.0 Å². The summed E-state index contributed by atoms with van der Waals surface area (Å²) in [6.07, 6.45) is 1.22. The maximum Gasteiger partial charge on any atom is 0.193 e. The number of para-hydroxylation sites is 1. The minimum absolute atomic E-state index is 0.653. The standard InChI is InChI=1S/C22H30N4/c1-18-9-11-19(12-10-18)16-25(3)22(23-2)24-15-20-13-14-26(17-20)21-7-5-4-6-8-21/h4-12,20H,13-17H2,1-3H3,(H,23,24). The summed E-state index contributed by atoms with van der Waals surface area (Å²) in [6, 6.07) is 19.4. The number of benzene rings is 2. The summed E-state index contributed by atoms with van der Waals surface area (Å²) in [7, 11) is 3.96. The lowest BCUT2D eigenvalue weighted by atomic mass is 10.1. The van der Waals surface area contributed by atoms with Crippen LogP contribution in [0.4, 0.5) is 5.69 Å². The molecule has 1 N–H and O–H groups in total. The smallest absolute Gasteiger partial charge is 0.193 e. The molecule has 1 unspecified atom stereocenters. The molecule has 0 aliphatic carbocycles. The Balaban J connectivity index is 1.49. The van der Waals surface area contributed by atoms with Crippen LogP contribution in [-0.4, -0.2) is 44.6 Å². The molecule has 0 spiro atoms. The molecule has 1 aliphatic heterocycles. The molecule has 0 saturated carbocycles. The Hall–Kier alpha value is -2.49. The fourth-order valence-corrected chi connectivity index (χ4v) is 3.54. The molecule has 2 aromatic carbocycles. The van der Waals surface area contributed by atoms with Gasteiger partial charge in [0.25, 0.3) is 0 Å². The average molecular weight is 351 g/mol. The first-order chi connectivity index (χ1) is 12.7. The number of nitrogens with one attached hydrogen (secondary N) is 1. The van der Waals surface area contributed by atoms with E-state index in [1.807, 2.05) is 7.05 Å². The van der Waals surface area contributed by atoms with Crippen molar-refractivity contribution in [3.05, 3.63) is 65.7 Å². The van der Waals surface area contributed by atoms with Crippen molar-refractivity contribution in [3.63, 3.8) is 0 Å². The zero-order valence-corrected chi connectivity index (χ0v) is 16.2. The van der Waals surface area contributed by atoms with E-state index in [1.54, 1.807) is 0 Å². The fraction of sp³-hybridized carbons (Fsp3) is 0.409. The number of hydrogen-bond donors (Lipinski definition) is 1.